The minimum absolute atomic E-state index is 0.251. The van der Waals surface area contributed by atoms with Crippen molar-refractivity contribution in [1.29, 1.82) is 0 Å². The Bertz CT molecular complexity index is 276. The summed E-state index contributed by atoms with van der Waals surface area (Å²) in [6.45, 7) is 1.76. The number of nitrogen functional groups attached to an aromatic ring is 1. The molecule has 0 aromatic heterocycles. The van der Waals surface area contributed by atoms with Gasteiger partial charge in [0.25, 0.3) is 0 Å². The SMILES string of the molecule is Cc1ccc(SCCCF)c(N)c1. The quantitative estimate of drug-likeness (QED) is 0.458. The summed E-state index contributed by atoms with van der Waals surface area (Å²) in [7, 11) is 0. The first-order valence-electron chi connectivity index (χ1n) is 4.29. The lowest BCUT2D eigenvalue weighted by molar-refractivity contribution is 0.489. The minimum Gasteiger partial charge on any atom is -0.398 e. The Morgan fingerprint density at radius 1 is 1.46 bits per heavy atom. The smallest absolute Gasteiger partial charge is 0.0902 e. The lowest BCUT2D eigenvalue weighted by Gasteiger charge is -2.04. The van der Waals surface area contributed by atoms with Crippen molar-refractivity contribution >= 4 is 17.4 Å². The molecule has 0 bridgehead atoms. The van der Waals surface area contributed by atoms with Gasteiger partial charge in [0.2, 0.25) is 0 Å². The van der Waals surface area contributed by atoms with Crippen molar-refractivity contribution < 1.29 is 4.39 Å². The summed E-state index contributed by atoms with van der Waals surface area (Å²) in [6, 6.07) is 5.96. The van der Waals surface area contributed by atoms with E-state index in [0.29, 0.717) is 6.42 Å². The number of halogens is 1. The molecule has 0 spiro atoms. The third kappa shape index (κ3) is 3.27. The maximum Gasteiger partial charge on any atom is 0.0902 e. The number of hydrogen-bond donors (Lipinski definition) is 1. The van der Waals surface area contributed by atoms with Crippen LogP contribution in [0.3, 0.4) is 0 Å². The van der Waals surface area contributed by atoms with Crippen molar-refractivity contribution in [3.63, 3.8) is 0 Å². The standard InChI is InChI=1S/C10H14FNS/c1-8-3-4-10(9(12)7-8)13-6-2-5-11/h3-4,7H,2,5-6,12H2,1H3. The average molecular weight is 199 g/mol. The van der Waals surface area contributed by atoms with Crippen molar-refractivity contribution in [3.05, 3.63) is 23.8 Å². The van der Waals surface area contributed by atoms with Gasteiger partial charge in [-0.1, -0.05) is 6.07 Å². The van der Waals surface area contributed by atoms with Crippen LogP contribution in [0.2, 0.25) is 0 Å². The third-order valence-corrected chi connectivity index (χ3v) is 2.88. The van der Waals surface area contributed by atoms with Gasteiger partial charge >= 0.3 is 0 Å². The molecule has 1 rings (SSSR count). The Hall–Kier alpha value is -0.700. The van der Waals surface area contributed by atoms with Gasteiger partial charge in [-0.15, -0.1) is 11.8 Å². The first-order chi connectivity index (χ1) is 6.24. The Morgan fingerprint density at radius 3 is 2.85 bits per heavy atom. The van der Waals surface area contributed by atoms with Crippen molar-refractivity contribution in [2.24, 2.45) is 0 Å². The van der Waals surface area contributed by atoms with Gasteiger partial charge in [-0.25, -0.2) is 0 Å². The molecule has 13 heavy (non-hydrogen) atoms. The zero-order valence-electron chi connectivity index (χ0n) is 7.72. The highest BCUT2D eigenvalue weighted by Crippen LogP contribution is 2.26. The lowest BCUT2D eigenvalue weighted by atomic mass is 10.2. The predicted octanol–water partition coefficient (Wildman–Crippen LogP) is 3.03. The van der Waals surface area contributed by atoms with Crippen LogP contribution in [0.25, 0.3) is 0 Å². The van der Waals surface area contributed by atoms with Gasteiger partial charge in [0.1, 0.15) is 0 Å². The highest BCUT2D eigenvalue weighted by Gasteiger charge is 1.99. The van der Waals surface area contributed by atoms with Gasteiger partial charge < -0.3 is 5.73 Å². The second-order valence-corrected chi connectivity index (χ2v) is 4.07. The molecule has 3 heteroatoms. The van der Waals surface area contributed by atoms with E-state index in [1.165, 1.54) is 0 Å². The molecular weight excluding hydrogens is 185 g/mol. The Balaban J connectivity index is 2.56. The fourth-order valence-electron chi connectivity index (χ4n) is 1.04. The molecule has 0 aliphatic heterocycles. The van der Waals surface area contributed by atoms with E-state index in [2.05, 4.69) is 0 Å². The molecule has 0 amide bonds. The van der Waals surface area contributed by atoms with Crippen LogP contribution in [0, 0.1) is 6.92 Å². The maximum atomic E-state index is 11.8. The lowest BCUT2D eigenvalue weighted by Crippen LogP contribution is -1.90. The van der Waals surface area contributed by atoms with Crippen LogP contribution < -0.4 is 5.73 Å². The number of alkyl halides is 1. The average Bonchev–Trinajstić information content (AvgIpc) is 2.09. The summed E-state index contributed by atoms with van der Waals surface area (Å²) in [6.07, 6.45) is 0.595. The molecule has 0 radical (unpaired) electrons. The molecule has 0 saturated heterocycles. The van der Waals surface area contributed by atoms with Gasteiger partial charge in [-0.2, -0.15) is 0 Å². The monoisotopic (exact) mass is 199 g/mol. The van der Waals surface area contributed by atoms with Crippen LogP contribution in [-0.4, -0.2) is 12.4 Å². The van der Waals surface area contributed by atoms with Gasteiger partial charge in [0, 0.05) is 16.3 Å². The summed E-state index contributed by atoms with van der Waals surface area (Å²) in [4.78, 5) is 1.05. The summed E-state index contributed by atoms with van der Waals surface area (Å²) >= 11 is 1.62. The molecule has 0 atom stereocenters. The van der Waals surface area contributed by atoms with Gasteiger partial charge in [0.05, 0.1) is 6.67 Å². The Kier molecular flexibility index (Phi) is 4.09. The number of hydrogen-bond acceptors (Lipinski definition) is 2. The number of aryl methyl sites for hydroxylation is 1. The molecule has 72 valence electrons. The summed E-state index contributed by atoms with van der Waals surface area (Å²) in [5, 5.41) is 0. The first kappa shape index (κ1) is 10.4. The normalized spacial score (nSPS) is 10.3. The highest BCUT2D eigenvalue weighted by atomic mass is 32.2. The molecule has 0 unspecified atom stereocenters. The molecule has 0 aliphatic carbocycles. The minimum atomic E-state index is -0.251. The number of thioether (sulfide) groups is 1. The maximum absolute atomic E-state index is 11.8. The highest BCUT2D eigenvalue weighted by molar-refractivity contribution is 7.99. The van der Waals surface area contributed by atoms with Crippen molar-refractivity contribution in [1.82, 2.24) is 0 Å². The van der Waals surface area contributed by atoms with Crippen LogP contribution in [0.4, 0.5) is 10.1 Å². The number of nitrogens with two attached hydrogens (primary N) is 1. The molecule has 0 heterocycles. The van der Waals surface area contributed by atoms with Gasteiger partial charge in [0.15, 0.2) is 0 Å². The zero-order valence-corrected chi connectivity index (χ0v) is 8.53. The van der Waals surface area contributed by atoms with Crippen molar-refractivity contribution in [3.8, 4) is 0 Å². The van der Waals surface area contributed by atoms with E-state index in [9.17, 15) is 4.39 Å². The van der Waals surface area contributed by atoms with E-state index in [1.807, 2.05) is 25.1 Å². The first-order valence-corrected chi connectivity index (χ1v) is 5.27. The van der Waals surface area contributed by atoms with Crippen LogP contribution in [-0.2, 0) is 0 Å². The Labute approximate surface area is 82.5 Å². The van der Waals surface area contributed by atoms with Gasteiger partial charge in [-0.3, -0.25) is 4.39 Å². The second-order valence-electron chi connectivity index (χ2n) is 2.93. The van der Waals surface area contributed by atoms with E-state index >= 15 is 0 Å². The Morgan fingerprint density at radius 2 is 2.23 bits per heavy atom. The number of rotatable bonds is 4. The number of anilines is 1. The molecule has 0 saturated carbocycles. The van der Waals surface area contributed by atoms with Crippen LogP contribution in [0.15, 0.2) is 23.1 Å². The third-order valence-electron chi connectivity index (χ3n) is 1.70. The molecule has 1 aromatic carbocycles. The fourth-order valence-corrected chi connectivity index (χ4v) is 1.90. The molecule has 1 aromatic rings. The van der Waals surface area contributed by atoms with Crippen molar-refractivity contribution in [2.75, 3.05) is 18.2 Å². The predicted molar refractivity (Wildman–Crippen MR) is 56.9 cm³/mol. The van der Waals surface area contributed by atoms with E-state index in [4.69, 9.17) is 5.73 Å². The zero-order chi connectivity index (χ0) is 9.68. The molecule has 0 aliphatic rings. The molecular formula is C10H14FNS. The van der Waals surface area contributed by atoms with Crippen LogP contribution in [0.1, 0.15) is 12.0 Å². The fraction of sp³-hybridized carbons (Fsp3) is 0.400. The largest absolute Gasteiger partial charge is 0.398 e. The summed E-state index contributed by atoms with van der Waals surface area (Å²) < 4.78 is 11.8. The number of benzene rings is 1. The molecule has 0 fully saturated rings. The second kappa shape index (κ2) is 5.12. The van der Waals surface area contributed by atoms with Crippen LogP contribution in [0.5, 0.6) is 0 Å². The topological polar surface area (TPSA) is 26.0 Å². The van der Waals surface area contributed by atoms with E-state index < -0.39 is 0 Å². The van der Waals surface area contributed by atoms with E-state index in [0.717, 1.165) is 21.9 Å². The molecule has 2 N–H and O–H groups in total. The van der Waals surface area contributed by atoms with Crippen molar-refractivity contribution in [2.45, 2.75) is 18.2 Å². The van der Waals surface area contributed by atoms with Gasteiger partial charge in [-0.05, 0) is 31.0 Å². The van der Waals surface area contributed by atoms with E-state index in [1.54, 1.807) is 11.8 Å². The molecule has 1 nitrogen and oxygen atoms in total. The summed E-state index contributed by atoms with van der Waals surface area (Å²) in [5.74, 6) is 0.795. The van der Waals surface area contributed by atoms with Crippen LogP contribution >= 0.6 is 11.8 Å². The van der Waals surface area contributed by atoms with E-state index in [-0.39, 0.29) is 6.67 Å². The summed E-state index contributed by atoms with van der Waals surface area (Å²) in [5.41, 5.74) is 7.74.